The molecule has 1 saturated heterocycles. The van der Waals surface area contributed by atoms with Crippen LogP contribution in [0.4, 0.5) is 5.82 Å². The third-order valence-corrected chi connectivity index (χ3v) is 3.57. The Bertz CT molecular complexity index is 512. The van der Waals surface area contributed by atoms with E-state index in [9.17, 15) is 9.59 Å². The number of hydrogen-bond donors (Lipinski definition) is 2. The van der Waals surface area contributed by atoms with E-state index in [1.54, 1.807) is 25.3 Å². The number of primary amides is 1. The van der Waals surface area contributed by atoms with Crippen LogP contribution in [-0.4, -0.2) is 59.1 Å². The second kappa shape index (κ2) is 5.87. The number of anilines is 1. The maximum Gasteiger partial charge on any atom is 0.320 e. The van der Waals surface area contributed by atoms with E-state index in [0.29, 0.717) is 37.6 Å². The number of carbonyl (C=O) groups is 2. The molecule has 0 aromatic carbocycles. The lowest BCUT2D eigenvalue weighted by molar-refractivity contribution is -0.142. The standard InChI is InChI=1S/C13H18N4O3/c1-9(13(19)20)16-4-6-17(7-5-16)11-8-10(12(14)18)2-3-15-11/h2-3,8-9H,4-7H2,1H3,(H2,14,18)(H,19,20). The van der Waals surface area contributed by atoms with Crippen LogP contribution in [0, 0.1) is 0 Å². The number of pyridine rings is 1. The Balaban J connectivity index is 2.02. The number of aromatic nitrogens is 1. The topological polar surface area (TPSA) is 99.8 Å². The number of carboxylic acid groups (broad SMARTS) is 1. The number of aliphatic carboxylic acids is 1. The Morgan fingerprint density at radius 2 is 2.00 bits per heavy atom. The summed E-state index contributed by atoms with van der Waals surface area (Å²) in [5.74, 6) is -0.594. The molecular formula is C13H18N4O3. The van der Waals surface area contributed by atoms with Crippen molar-refractivity contribution in [3.8, 4) is 0 Å². The van der Waals surface area contributed by atoms with Gasteiger partial charge in [-0.2, -0.15) is 0 Å². The van der Waals surface area contributed by atoms with E-state index >= 15 is 0 Å². The number of carboxylic acids is 1. The van der Waals surface area contributed by atoms with E-state index in [-0.39, 0.29) is 0 Å². The van der Waals surface area contributed by atoms with Crippen LogP contribution in [-0.2, 0) is 4.79 Å². The molecule has 1 unspecified atom stereocenters. The average molecular weight is 278 g/mol. The molecule has 1 aromatic heterocycles. The van der Waals surface area contributed by atoms with Crippen molar-refractivity contribution in [3.63, 3.8) is 0 Å². The maximum absolute atomic E-state index is 11.2. The first kappa shape index (κ1) is 14.3. The van der Waals surface area contributed by atoms with Crippen molar-refractivity contribution in [1.29, 1.82) is 0 Å². The molecule has 1 aromatic rings. The van der Waals surface area contributed by atoms with Crippen LogP contribution in [0.1, 0.15) is 17.3 Å². The highest BCUT2D eigenvalue weighted by atomic mass is 16.4. The van der Waals surface area contributed by atoms with E-state index < -0.39 is 17.9 Å². The van der Waals surface area contributed by atoms with Gasteiger partial charge < -0.3 is 15.7 Å². The summed E-state index contributed by atoms with van der Waals surface area (Å²) < 4.78 is 0. The minimum Gasteiger partial charge on any atom is -0.480 e. The predicted molar refractivity (Wildman–Crippen MR) is 73.6 cm³/mol. The second-order valence-corrected chi connectivity index (χ2v) is 4.80. The van der Waals surface area contributed by atoms with Crippen molar-refractivity contribution < 1.29 is 14.7 Å². The average Bonchev–Trinajstić information content (AvgIpc) is 2.46. The van der Waals surface area contributed by atoms with Crippen LogP contribution >= 0.6 is 0 Å². The third-order valence-electron chi connectivity index (χ3n) is 3.57. The normalized spacial score (nSPS) is 17.8. The van der Waals surface area contributed by atoms with Crippen LogP contribution in [0.3, 0.4) is 0 Å². The first-order valence-electron chi connectivity index (χ1n) is 6.46. The summed E-state index contributed by atoms with van der Waals surface area (Å²) in [6.07, 6.45) is 1.56. The first-order valence-corrected chi connectivity index (χ1v) is 6.46. The van der Waals surface area contributed by atoms with Crippen LogP contribution in [0.5, 0.6) is 0 Å². The molecule has 2 rings (SSSR count). The van der Waals surface area contributed by atoms with Crippen molar-refractivity contribution in [1.82, 2.24) is 9.88 Å². The minimum atomic E-state index is -0.813. The van der Waals surface area contributed by atoms with E-state index in [2.05, 4.69) is 4.98 Å². The van der Waals surface area contributed by atoms with Gasteiger partial charge in [-0.1, -0.05) is 0 Å². The third kappa shape index (κ3) is 3.05. The highest BCUT2D eigenvalue weighted by Gasteiger charge is 2.25. The molecule has 108 valence electrons. The summed E-state index contributed by atoms with van der Waals surface area (Å²) in [5.41, 5.74) is 5.68. The summed E-state index contributed by atoms with van der Waals surface area (Å²) in [4.78, 5) is 30.3. The number of amides is 1. The molecule has 2 heterocycles. The van der Waals surface area contributed by atoms with Crippen molar-refractivity contribution >= 4 is 17.7 Å². The maximum atomic E-state index is 11.2. The number of nitrogens with zero attached hydrogens (tertiary/aromatic N) is 3. The van der Waals surface area contributed by atoms with Crippen molar-refractivity contribution in [2.24, 2.45) is 5.73 Å². The molecule has 0 radical (unpaired) electrons. The quantitative estimate of drug-likeness (QED) is 0.789. The largest absolute Gasteiger partial charge is 0.480 e. The number of rotatable bonds is 4. The molecule has 1 fully saturated rings. The van der Waals surface area contributed by atoms with Crippen LogP contribution in [0.25, 0.3) is 0 Å². The molecule has 1 amide bonds. The molecular weight excluding hydrogens is 260 g/mol. The zero-order valence-corrected chi connectivity index (χ0v) is 11.3. The summed E-state index contributed by atoms with van der Waals surface area (Å²) in [5, 5.41) is 9.00. The lowest BCUT2D eigenvalue weighted by atomic mass is 10.2. The summed E-state index contributed by atoms with van der Waals surface area (Å²) in [6, 6.07) is 2.76. The van der Waals surface area contributed by atoms with Crippen molar-refractivity contribution in [3.05, 3.63) is 23.9 Å². The van der Waals surface area contributed by atoms with Gasteiger partial charge >= 0.3 is 5.97 Å². The van der Waals surface area contributed by atoms with Crippen molar-refractivity contribution in [2.75, 3.05) is 31.1 Å². The van der Waals surface area contributed by atoms with Gasteiger partial charge in [-0.05, 0) is 19.1 Å². The second-order valence-electron chi connectivity index (χ2n) is 4.80. The van der Waals surface area contributed by atoms with Gasteiger partial charge in [-0.25, -0.2) is 4.98 Å². The Morgan fingerprint density at radius 1 is 1.35 bits per heavy atom. The predicted octanol–water partition coefficient (Wildman–Crippen LogP) is -0.224. The Labute approximate surface area is 117 Å². The molecule has 0 aliphatic carbocycles. The SMILES string of the molecule is CC(C(=O)O)N1CCN(c2cc(C(N)=O)ccn2)CC1. The molecule has 1 aliphatic heterocycles. The lowest BCUT2D eigenvalue weighted by Gasteiger charge is -2.37. The Morgan fingerprint density at radius 3 is 2.55 bits per heavy atom. The van der Waals surface area contributed by atoms with E-state index in [1.807, 2.05) is 9.80 Å². The molecule has 20 heavy (non-hydrogen) atoms. The smallest absolute Gasteiger partial charge is 0.320 e. The van der Waals surface area contributed by atoms with Gasteiger partial charge in [-0.15, -0.1) is 0 Å². The zero-order valence-electron chi connectivity index (χ0n) is 11.3. The Hall–Kier alpha value is -2.15. The van der Waals surface area contributed by atoms with E-state index in [0.717, 1.165) is 0 Å². The molecule has 1 atom stereocenters. The Kier molecular flexibility index (Phi) is 4.19. The number of nitrogens with two attached hydrogens (primary N) is 1. The van der Waals surface area contributed by atoms with Gasteiger partial charge in [-0.3, -0.25) is 14.5 Å². The molecule has 0 bridgehead atoms. The number of piperazine rings is 1. The van der Waals surface area contributed by atoms with Gasteiger partial charge in [0.15, 0.2) is 0 Å². The number of hydrogen-bond acceptors (Lipinski definition) is 5. The van der Waals surface area contributed by atoms with Gasteiger partial charge in [0.25, 0.3) is 0 Å². The van der Waals surface area contributed by atoms with Gasteiger partial charge in [0.2, 0.25) is 5.91 Å². The van der Waals surface area contributed by atoms with Gasteiger partial charge in [0.05, 0.1) is 0 Å². The van der Waals surface area contributed by atoms with Crippen molar-refractivity contribution in [2.45, 2.75) is 13.0 Å². The zero-order chi connectivity index (χ0) is 14.7. The number of carbonyl (C=O) groups excluding carboxylic acids is 1. The molecule has 7 heteroatoms. The molecule has 0 saturated carbocycles. The van der Waals surface area contributed by atoms with Crippen LogP contribution in [0.2, 0.25) is 0 Å². The van der Waals surface area contributed by atoms with Gasteiger partial charge in [0.1, 0.15) is 11.9 Å². The monoisotopic (exact) mass is 278 g/mol. The summed E-state index contributed by atoms with van der Waals surface area (Å²) >= 11 is 0. The van der Waals surface area contributed by atoms with E-state index in [4.69, 9.17) is 10.8 Å². The molecule has 3 N–H and O–H groups in total. The summed E-state index contributed by atoms with van der Waals surface area (Å²) in [7, 11) is 0. The van der Waals surface area contributed by atoms with Crippen LogP contribution in [0.15, 0.2) is 18.3 Å². The highest BCUT2D eigenvalue weighted by molar-refractivity contribution is 5.93. The fourth-order valence-corrected chi connectivity index (χ4v) is 2.24. The first-order chi connectivity index (χ1) is 9.49. The van der Waals surface area contributed by atoms with Crippen LogP contribution < -0.4 is 10.6 Å². The van der Waals surface area contributed by atoms with E-state index in [1.165, 1.54) is 0 Å². The summed E-state index contributed by atoms with van der Waals surface area (Å²) in [6.45, 7) is 4.33. The van der Waals surface area contributed by atoms with Gasteiger partial charge in [0, 0.05) is 37.9 Å². The molecule has 7 nitrogen and oxygen atoms in total. The lowest BCUT2D eigenvalue weighted by Crippen LogP contribution is -2.52. The fraction of sp³-hybridized carbons (Fsp3) is 0.462. The minimum absolute atomic E-state index is 0.427. The molecule has 1 aliphatic rings. The fourth-order valence-electron chi connectivity index (χ4n) is 2.24. The molecule has 0 spiro atoms. The highest BCUT2D eigenvalue weighted by Crippen LogP contribution is 2.16.